The number of aliphatic hydroxyl groups excluding tert-OH is 1. The molecule has 46 heavy (non-hydrogen) atoms. The van der Waals surface area contributed by atoms with E-state index in [4.69, 9.17) is 4.74 Å². The van der Waals surface area contributed by atoms with Gasteiger partial charge in [0.25, 0.3) is 5.91 Å². The number of Topliss-reactive ketones (excluding diaryl/α,β-unsaturated/α-hetero) is 1. The Kier molecular flexibility index (Phi) is 14.2. The average Bonchev–Trinajstić information content (AvgIpc) is 3.68. The number of carbonyl (C=O) groups excluding carboxylic acids is 5. The summed E-state index contributed by atoms with van der Waals surface area (Å²) in [5.74, 6) is -1.90. The second kappa shape index (κ2) is 16.7. The highest BCUT2D eigenvalue weighted by atomic mass is 16.6. The molecule has 1 saturated carbocycles. The van der Waals surface area contributed by atoms with Crippen LogP contribution in [0.3, 0.4) is 0 Å². The van der Waals surface area contributed by atoms with Gasteiger partial charge in [-0.1, -0.05) is 74.8 Å². The third kappa shape index (κ3) is 11.4. The van der Waals surface area contributed by atoms with Gasteiger partial charge < -0.3 is 36.0 Å². The highest BCUT2D eigenvalue weighted by molar-refractivity contribution is 6.38. The molecule has 1 heterocycles. The summed E-state index contributed by atoms with van der Waals surface area (Å²) in [5.41, 5.74) is -1.30. The summed E-state index contributed by atoms with van der Waals surface area (Å²) in [4.78, 5) is 68.2. The van der Waals surface area contributed by atoms with Crippen molar-refractivity contribution in [2.45, 2.75) is 125 Å². The Morgan fingerprint density at radius 1 is 1.00 bits per heavy atom. The minimum Gasteiger partial charge on any atom is -0.366 e. The van der Waals surface area contributed by atoms with Crippen molar-refractivity contribution in [3.05, 3.63) is 12.7 Å². The van der Waals surface area contributed by atoms with Crippen LogP contribution in [-0.2, 0) is 23.9 Å². The number of likely N-dealkylation sites (tertiary alicyclic amines) is 1. The Bertz CT molecular complexity index is 1090. The van der Waals surface area contributed by atoms with Crippen molar-refractivity contribution in [3.63, 3.8) is 0 Å². The number of nitrogens with zero attached hydrogens (tertiary/aromatic N) is 1. The van der Waals surface area contributed by atoms with Gasteiger partial charge in [-0.3, -0.25) is 19.2 Å². The number of hydrogen-bond acceptors (Lipinski definition) is 7. The topological polar surface area (TPSA) is 166 Å². The zero-order chi connectivity index (χ0) is 35.0. The van der Waals surface area contributed by atoms with Crippen LogP contribution in [0.5, 0.6) is 0 Å². The standard InChI is InChI=1S/C34H59N5O7/c1-11-13-23(25(40)29(42)35-16-12-2)36-28(41)24-17-22(20(3)4)18-39(24)30(43)26(33(5,6)7)37-32(45)38-27(34(8,9)10)31(44)46-19-21-14-15-21/h12,20-24,26-27,31,44H,2,11,13-19H2,1,3-10H3,(H,35,42)(H,36,41)(H2,37,38,45)/t22-,23?,24+,26-,27-,31?/m1/s1. The molecule has 0 bridgehead atoms. The van der Waals surface area contributed by atoms with Gasteiger partial charge in [0.2, 0.25) is 17.6 Å². The normalized spacial score (nSPS) is 21.2. The second-order valence-electron chi connectivity index (χ2n) is 15.4. The highest BCUT2D eigenvalue weighted by Crippen LogP contribution is 2.33. The minimum absolute atomic E-state index is 0.00870. The molecule has 2 unspecified atom stereocenters. The highest BCUT2D eigenvalue weighted by Gasteiger charge is 2.46. The fourth-order valence-corrected chi connectivity index (χ4v) is 5.54. The molecule has 262 valence electrons. The zero-order valence-corrected chi connectivity index (χ0v) is 29.4. The minimum atomic E-state index is -1.23. The average molecular weight is 650 g/mol. The lowest BCUT2D eigenvalue weighted by molar-refractivity contribution is -0.144. The number of hydrogen-bond donors (Lipinski definition) is 5. The van der Waals surface area contributed by atoms with Crippen molar-refractivity contribution in [1.29, 1.82) is 0 Å². The number of amides is 5. The monoisotopic (exact) mass is 649 g/mol. The number of rotatable bonds is 16. The predicted molar refractivity (Wildman–Crippen MR) is 176 cm³/mol. The number of urea groups is 1. The van der Waals surface area contributed by atoms with Crippen LogP contribution in [0.2, 0.25) is 0 Å². The molecule has 1 aliphatic heterocycles. The second-order valence-corrected chi connectivity index (χ2v) is 15.4. The first-order valence-electron chi connectivity index (χ1n) is 16.7. The van der Waals surface area contributed by atoms with Gasteiger partial charge in [0, 0.05) is 13.1 Å². The maximum absolute atomic E-state index is 14.3. The smallest absolute Gasteiger partial charge is 0.315 e. The summed E-state index contributed by atoms with van der Waals surface area (Å²) < 4.78 is 5.67. The molecule has 0 aromatic carbocycles. The van der Waals surface area contributed by atoms with Crippen molar-refractivity contribution < 1.29 is 33.8 Å². The molecule has 5 amide bonds. The van der Waals surface area contributed by atoms with E-state index in [1.807, 2.05) is 62.3 Å². The number of ketones is 1. The maximum atomic E-state index is 14.3. The van der Waals surface area contributed by atoms with Gasteiger partial charge in [0.15, 0.2) is 6.29 Å². The van der Waals surface area contributed by atoms with Gasteiger partial charge >= 0.3 is 6.03 Å². The van der Waals surface area contributed by atoms with Crippen LogP contribution < -0.4 is 21.3 Å². The van der Waals surface area contributed by atoms with E-state index in [-0.39, 0.29) is 24.8 Å². The fraction of sp³-hybridized carbons (Fsp3) is 0.794. The van der Waals surface area contributed by atoms with Crippen molar-refractivity contribution in [1.82, 2.24) is 26.2 Å². The third-order valence-corrected chi connectivity index (χ3v) is 8.80. The first-order chi connectivity index (χ1) is 21.3. The molecule has 0 spiro atoms. The van der Waals surface area contributed by atoms with Crippen LogP contribution in [0.25, 0.3) is 0 Å². The molecule has 12 heteroatoms. The molecule has 2 rings (SSSR count). The Hall–Kier alpha value is -2.99. The van der Waals surface area contributed by atoms with Crippen molar-refractivity contribution in [2.75, 3.05) is 19.7 Å². The van der Waals surface area contributed by atoms with Gasteiger partial charge in [-0.2, -0.15) is 0 Å². The number of aliphatic hydroxyl groups is 1. The molecule has 1 saturated heterocycles. The van der Waals surface area contributed by atoms with Gasteiger partial charge in [0.05, 0.1) is 18.7 Å². The molecule has 5 N–H and O–H groups in total. The zero-order valence-electron chi connectivity index (χ0n) is 29.4. The largest absolute Gasteiger partial charge is 0.366 e. The SMILES string of the molecule is C=CCNC(=O)C(=O)C(CCC)NC(=O)[C@@H]1C[C@@H](C(C)C)CN1C(=O)[C@@H](NC(=O)N[C@H](C(O)OCC1CC1)C(C)(C)C)C(C)(C)C. The molecule has 0 aromatic heterocycles. The van der Waals surface area contributed by atoms with Gasteiger partial charge in [0.1, 0.15) is 12.1 Å². The number of carbonyl (C=O) groups is 5. The van der Waals surface area contributed by atoms with Crippen LogP contribution in [0.4, 0.5) is 4.79 Å². The quantitative estimate of drug-likeness (QED) is 0.0974. The Balaban J connectivity index is 2.28. The Morgan fingerprint density at radius 2 is 1.63 bits per heavy atom. The molecule has 2 fully saturated rings. The molecule has 0 aromatic rings. The van der Waals surface area contributed by atoms with E-state index in [1.54, 1.807) is 0 Å². The van der Waals surface area contributed by atoms with Crippen LogP contribution in [-0.4, -0.2) is 89.7 Å². The van der Waals surface area contributed by atoms with Crippen LogP contribution in [0.1, 0.15) is 94.4 Å². The van der Waals surface area contributed by atoms with Gasteiger partial charge in [-0.15, -0.1) is 6.58 Å². The third-order valence-electron chi connectivity index (χ3n) is 8.80. The van der Waals surface area contributed by atoms with E-state index < -0.39 is 70.8 Å². The van der Waals surface area contributed by atoms with E-state index in [2.05, 4.69) is 27.8 Å². The molecule has 12 nitrogen and oxygen atoms in total. The lowest BCUT2D eigenvalue weighted by atomic mass is 9.85. The van der Waals surface area contributed by atoms with Crippen LogP contribution in [0, 0.1) is 28.6 Å². The summed E-state index contributed by atoms with van der Waals surface area (Å²) in [6, 6.07) is -4.34. The summed E-state index contributed by atoms with van der Waals surface area (Å²) >= 11 is 0. The molecule has 6 atom stereocenters. The summed E-state index contributed by atoms with van der Waals surface area (Å²) in [7, 11) is 0. The molecule has 2 aliphatic rings. The summed E-state index contributed by atoms with van der Waals surface area (Å²) in [6.07, 6.45) is 3.54. The number of nitrogens with one attached hydrogen (secondary N) is 4. The molecular weight excluding hydrogens is 590 g/mol. The lowest BCUT2D eigenvalue weighted by Crippen LogP contribution is -2.62. The first kappa shape index (κ1) is 39.2. The van der Waals surface area contributed by atoms with E-state index in [0.717, 1.165) is 12.8 Å². The summed E-state index contributed by atoms with van der Waals surface area (Å²) in [5, 5.41) is 21.7. The van der Waals surface area contributed by atoms with E-state index >= 15 is 0 Å². The van der Waals surface area contributed by atoms with Crippen LogP contribution >= 0.6 is 0 Å². The lowest BCUT2D eigenvalue weighted by Gasteiger charge is -2.38. The number of ether oxygens (including phenoxy) is 1. The van der Waals surface area contributed by atoms with Crippen LogP contribution in [0.15, 0.2) is 12.7 Å². The van der Waals surface area contributed by atoms with Gasteiger partial charge in [-0.25, -0.2) is 4.79 Å². The van der Waals surface area contributed by atoms with Crippen molar-refractivity contribution in [2.24, 2.45) is 28.6 Å². The molecular formula is C34H59N5O7. The fourth-order valence-electron chi connectivity index (χ4n) is 5.54. The Labute approximate surface area is 275 Å². The Morgan fingerprint density at radius 3 is 2.13 bits per heavy atom. The van der Waals surface area contributed by atoms with E-state index in [0.29, 0.717) is 31.9 Å². The van der Waals surface area contributed by atoms with Crippen molar-refractivity contribution in [3.8, 4) is 0 Å². The molecule has 0 radical (unpaired) electrons. The van der Waals surface area contributed by atoms with E-state index in [1.165, 1.54) is 11.0 Å². The predicted octanol–water partition coefficient (Wildman–Crippen LogP) is 2.89. The maximum Gasteiger partial charge on any atom is 0.315 e. The van der Waals surface area contributed by atoms with E-state index in [9.17, 15) is 29.1 Å². The van der Waals surface area contributed by atoms with Crippen molar-refractivity contribution >= 4 is 29.5 Å². The molecule has 1 aliphatic carbocycles. The first-order valence-corrected chi connectivity index (χ1v) is 16.7. The van der Waals surface area contributed by atoms with Gasteiger partial charge in [-0.05, 0) is 54.3 Å². The summed E-state index contributed by atoms with van der Waals surface area (Å²) in [6.45, 7) is 21.4.